The number of nitrogens with zero attached hydrogens (tertiary/aromatic N) is 2. The Bertz CT molecular complexity index is 1440. The zero-order valence-corrected chi connectivity index (χ0v) is 19.5. The van der Waals surface area contributed by atoms with Crippen molar-refractivity contribution >= 4 is 16.8 Å². The maximum atomic E-state index is 14.1. The number of fused-ring (bicyclic) bond motifs is 1. The molecular formula is C28H25FN4O2. The highest BCUT2D eigenvalue weighted by molar-refractivity contribution is 5.93. The first-order valence-electron chi connectivity index (χ1n) is 11.4. The number of likely N-dealkylation sites (tertiary alicyclic amines) is 1. The van der Waals surface area contributed by atoms with Crippen molar-refractivity contribution in [3.05, 3.63) is 94.7 Å². The summed E-state index contributed by atoms with van der Waals surface area (Å²) in [6.07, 6.45) is 0. The number of carbonyl (C=O) groups excluding carboxylic acids is 1. The highest BCUT2D eigenvalue weighted by Gasteiger charge is 2.24. The molecule has 3 heterocycles. The molecule has 2 aromatic heterocycles. The van der Waals surface area contributed by atoms with E-state index < -0.39 is 17.8 Å². The Kier molecular flexibility index (Phi) is 5.98. The third kappa shape index (κ3) is 4.88. The summed E-state index contributed by atoms with van der Waals surface area (Å²) in [5, 5.41) is 14.4. The van der Waals surface area contributed by atoms with Crippen LogP contribution in [-0.4, -0.2) is 46.0 Å². The highest BCUT2D eigenvalue weighted by atomic mass is 19.1. The van der Waals surface area contributed by atoms with Crippen molar-refractivity contribution in [3.8, 4) is 17.6 Å². The van der Waals surface area contributed by atoms with Crippen molar-refractivity contribution < 1.29 is 14.3 Å². The molecule has 6 nitrogen and oxygen atoms in total. The van der Waals surface area contributed by atoms with Gasteiger partial charge in [0.15, 0.2) is 0 Å². The number of para-hydroxylation sites is 1. The molecule has 1 saturated heterocycles. The zero-order valence-electron chi connectivity index (χ0n) is 19.5. The van der Waals surface area contributed by atoms with Gasteiger partial charge in [-0.1, -0.05) is 30.0 Å². The van der Waals surface area contributed by atoms with Crippen molar-refractivity contribution in [3.63, 3.8) is 0 Å². The van der Waals surface area contributed by atoms with Crippen molar-refractivity contribution in [1.29, 1.82) is 0 Å². The molecule has 176 valence electrons. The Morgan fingerprint density at radius 3 is 2.77 bits per heavy atom. The van der Waals surface area contributed by atoms with Gasteiger partial charge in [-0.2, -0.15) is 0 Å². The Balaban J connectivity index is 1.49. The predicted molar refractivity (Wildman–Crippen MR) is 133 cm³/mol. The van der Waals surface area contributed by atoms with Crippen molar-refractivity contribution in [2.75, 3.05) is 20.1 Å². The number of amides is 1. The molecule has 1 unspecified atom stereocenters. The molecular weight excluding hydrogens is 443 g/mol. The van der Waals surface area contributed by atoms with Gasteiger partial charge in [0.2, 0.25) is 0 Å². The number of H-pyrrole nitrogens is 1. The van der Waals surface area contributed by atoms with Crippen LogP contribution in [0, 0.1) is 30.5 Å². The molecule has 0 bridgehead atoms. The number of rotatable bonds is 4. The van der Waals surface area contributed by atoms with Gasteiger partial charge in [0.1, 0.15) is 17.3 Å². The standard InChI is InChI=1S/C28H25FN4O2/c1-17-11-18(7-8-19-15-33(2)16-19)12-25(30-17)28(35)32-27(22-14-21(29)9-10-26(22)34)24-13-20-5-3-4-6-23(20)31-24/h3-6,9-14,19,27,31,34H,15-16H2,1-2H3,(H,32,35). The quantitative estimate of drug-likeness (QED) is 0.393. The summed E-state index contributed by atoms with van der Waals surface area (Å²) >= 11 is 0. The second-order valence-electron chi connectivity index (χ2n) is 8.99. The van der Waals surface area contributed by atoms with Crippen LogP contribution in [0.5, 0.6) is 5.75 Å². The van der Waals surface area contributed by atoms with Gasteiger partial charge < -0.3 is 20.3 Å². The van der Waals surface area contributed by atoms with Crippen molar-refractivity contribution in [2.24, 2.45) is 5.92 Å². The Morgan fingerprint density at radius 1 is 1.20 bits per heavy atom. The molecule has 0 radical (unpaired) electrons. The monoisotopic (exact) mass is 468 g/mol. The average Bonchev–Trinajstić information content (AvgIpc) is 3.25. The highest BCUT2D eigenvalue weighted by Crippen LogP contribution is 2.31. The fourth-order valence-electron chi connectivity index (χ4n) is 4.37. The normalized spacial score (nSPS) is 14.7. The summed E-state index contributed by atoms with van der Waals surface area (Å²) in [5.74, 6) is 5.65. The van der Waals surface area contributed by atoms with E-state index in [4.69, 9.17) is 0 Å². The Labute approximate surface area is 202 Å². The van der Waals surface area contributed by atoms with Crippen LogP contribution in [0.1, 0.15) is 39.0 Å². The third-order valence-corrected chi connectivity index (χ3v) is 6.11. The number of aromatic amines is 1. The summed E-state index contributed by atoms with van der Waals surface area (Å²) < 4.78 is 14.1. The molecule has 7 heteroatoms. The van der Waals surface area contributed by atoms with E-state index in [0.29, 0.717) is 22.9 Å². The van der Waals surface area contributed by atoms with Crippen molar-refractivity contribution in [1.82, 2.24) is 20.2 Å². The van der Waals surface area contributed by atoms with E-state index in [1.807, 2.05) is 43.3 Å². The van der Waals surface area contributed by atoms with E-state index in [-0.39, 0.29) is 17.0 Å². The SMILES string of the molecule is Cc1cc(C#CC2CN(C)C2)cc(C(=O)NC(c2cc3ccccc3[nH]2)c2cc(F)ccc2O)n1. The first-order valence-corrected chi connectivity index (χ1v) is 11.4. The van der Waals surface area contributed by atoms with Crippen LogP contribution in [0.25, 0.3) is 10.9 Å². The third-order valence-electron chi connectivity index (χ3n) is 6.11. The van der Waals surface area contributed by atoms with Gasteiger partial charge in [0.05, 0.1) is 6.04 Å². The van der Waals surface area contributed by atoms with Crippen molar-refractivity contribution in [2.45, 2.75) is 13.0 Å². The summed E-state index contributed by atoms with van der Waals surface area (Å²) in [5.41, 5.74) is 3.31. The molecule has 1 atom stereocenters. The Morgan fingerprint density at radius 2 is 2.00 bits per heavy atom. The summed E-state index contributed by atoms with van der Waals surface area (Å²) in [6, 6.07) is 15.9. The van der Waals surface area contributed by atoms with E-state index >= 15 is 0 Å². The van der Waals surface area contributed by atoms with Gasteiger partial charge in [0, 0.05) is 47.0 Å². The van der Waals surface area contributed by atoms with Crippen LogP contribution in [-0.2, 0) is 0 Å². The number of hydrogen-bond acceptors (Lipinski definition) is 4. The number of nitrogens with one attached hydrogen (secondary N) is 2. The summed E-state index contributed by atoms with van der Waals surface area (Å²) in [7, 11) is 2.05. The lowest BCUT2D eigenvalue weighted by Gasteiger charge is -2.32. The van der Waals surface area contributed by atoms with E-state index in [1.54, 1.807) is 6.07 Å². The van der Waals surface area contributed by atoms with Crippen LogP contribution in [0.4, 0.5) is 4.39 Å². The zero-order chi connectivity index (χ0) is 24.5. The lowest BCUT2D eigenvalue weighted by molar-refractivity contribution is 0.0936. The number of halogens is 1. The smallest absolute Gasteiger partial charge is 0.270 e. The fraction of sp³-hybridized carbons (Fsp3) is 0.214. The maximum absolute atomic E-state index is 14.1. The number of phenolic OH excluding ortho intramolecular Hbond substituents is 1. The molecule has 0 aliphatic carbocycles. The number of pyridine rings is 1. The Hall–Kier alpha value is -4.15. The van der Waals surface area contributed by atoms with E-state index in [9.17, 15) is 14.3 Å². The van der Waals surface area contributed by atoms with Crippen LogP contribution in [0.15, 0.2) is 60.7 Å². The number of hydrogen-bond donors (Lipinski definition) is 3. The van der Waals surface area contributed by atoms with Gasteiger partial charge in [-0.25, -0.2) is 9.37 Å². The minimum absolute atomic E-state index is 0.121. The van der Waals surface area contributed by atoms with Gasteiger partial charge in [-0.05, 0) is 61.8 Å². The molecule has 1 aliphatic rings. The lowest BCUT2D eigenvalue weighted by Crippen LogP contribution is -2.42. The molecule has 3 N–H and O–H groups in total. The minimum atomic E-state index is -0.826. The molecule has 5 rings (SSSR count). The van der Waals surface area contributed by atoms with Crippen LogP contribution in [0.3, 0.4) is 0 Å². The van der Waals surface area contributed by atoms with Gasteiger partial charge in [-0.3, -0.25) is 4.79 Å². The molecule has 1 fully saturated rings. The molecule has 2 aromatic carbocycles. The summed E-state index contributed by atoms with van der Waals surface area (Å²) in [6.45, 7) is 3.69. The second kappa shape index (κ2) is 9.24. The number of benzene rings is 2. The number of phenols is 1. The van der Waals surface area contributed by atoms with E-state index in [1.165, 1.54) is 18.2 Å². The number of aromatic hydroxyl groups is 1. The topological polar surface area (TPSA) is 81.2 Å². The molecule has 4 aromatic rings. The van der Waals surface area contributed by atoms with Crippen LogP contribution < -0.4 is 5.32 Å². The van der Waals surface area contributed by atoms with Crippen LogP contribution in [0.2, 0.25) is 0 Å². The number of aryl methyl sites for hydroxylation is 1. The molecule has 1 aliphatic heterocycles. The fourth-order valence-corrected chi connectivity index (χ4v) is 4.37. The first kappa shape index (κ1) is 22.6. The lowest BCUT2D eigenvalue weighted by atomic mass is 10.0. The number of carbonyl (C=O) groups is 1. The summed E-state index contributed by atoms with van der Waals surface area (Å²) in [4.78, 5) is 23.2. The molecule has 0 spiro atoms. The van der Waals surface area contributed by atoms with Gasteiger partial charge in [0.25, 0.3) is 5.91 Å². The van der Waals surface area contributed by atoms with Gasteiger partial charge >= 0.3 is 0 Å². The number of aromatic nitrogens is 2. The van der Waals surface area contributed by atoms with Gasteiger partial charge in [-0.15, -0.1) is 0 Å². The minimum Gasteiger partial charge on any atom is -0.508 e. The van der Waals surface area contributed by atoms with E-state index in [2.05, 4.69) is 39.1 Å². The predicted octanol–water partition coefficient (Wildman–Crippen LogP) is 4.15. The largest absolute Gasteiger partial charge is 0.508 e. The first-order chi connectivity index (χ1) is 16.9. The molecule has 1 amide bonds. The average molecular weight is 469 g/mol. The van der Waals surface area contributed by atoms with E-state index in [0.717, 1.165) is 24.0 Å². The van der Waals surface area contributed by atoms with Crippen LogP contribution >= 0.6 is 0 Å². The molecule has 0 saturated carbocycles. The molecule has 35 heavy (non-hydrogen) atoms. The maximum Gasteiger partial charge on any atom is 0.270 e. The second-order valence-corrected chi connectivity index (χ2v) is 8.99.